The van der Waals surface area contributed by atoms with E-state index in [4.69, 9.17) is 0 Å². The van der Waals surface area contributed by atoms with Gasteiger partial charge in [-0.1, -0.05) is 43.0 Å². The number of nitrogens with one attached hydrogen (secondary N) is 1. The van der Waals surface area contributed by atoms with E-state index in [1.807, 2.05) is 6.07 Å². The molecule has 3 nitrogen and oxygen atoms in total. The summed E-state index contributed by atoms with van der Waals surface area (Å²) in [5.41, 5.74) is -0.545. The quantitative estimate of drug-likeness (QED) is 0.828. The lowest BCUT2D eigenvalue weighted by molar-refractivity contribution is -0.113. The van der Waals surface area contributed by atoms with Crippen LogP contribution in [0.1, 0.15) is 18.9 Å². The molecule has 2 rings (SSSR count). The summed E-state index contributed by atoms with van der Waals surface area (Å²) < 4.78 is 13.8. The van der Waals surface area contributed by atoms with E-state index in [1.165, 1.54) is 19.1 Å². The molecule has 0 aliphatic heterocycles. The fourth-order valence-corrected chi connectivity index (χ4v) is 2.23. The number of hydrogen-bond acceptors (Lipinski definition) is 2. The Morgan fingerprint density at radius 2 is 1.77 bits per heavy atom. The number of benzene rings is 2. The van der Waals surface area contributed by atoms with Crippen LogP contribution in [0.15, 0.2) is 66.7 Å². The summed E-state index contributed by atoms with van der Waals surface area (Å²) in [7, 11) is 0. The van der Waals surface area contributed by atoms with Gasteiger partial charge in [0, 0.05) is 23.2 Å². The topological polar surface area (TPSA) is 49.3 Å². The molecule has 0 heterocycles. The lowest BCUT2D eigenvalue weighted by Crippen LogP contribution is -2.26. The molecular weight excluding hydrogens is 281 g/mol. The second kappa shape index (κ2) is 6.54. The van der Waals surface area contributed by atoms with Crippen LogP contribution >= 0.6 is 0 Å². The number of para-hydroxylation sites is 1. The lowest BCUT2D eigenvalue weighted by atomic mass is 9.88. The molecule has 0 radical (unpaired) electrons. The fourth-order valence-electron chi connectivity index (χ4n) is 2.23. The summed E-state index contributed by atoms with van der Waals surface area (Å²) >= 11 is 0. The molecule has 0 aliphatic rings. The molecule has 2 N–H and O–H groups in total. The van der Waals surface area contributed by atoms with Crippen LogP contribution in [0.4, 0.5) is 10.1 Å². The fraction of sp³-hybridized carbons (Fsp3) is 0.167. The lowest BCUT2D eigenvalue weighted by Gasteiger charge is -2.25. The first-order valence-electron chi connectivity index (χ1n) is 6.92. The van der Waals surface area contributed by atoms with Crippen molar-refractivity contribution in [1.29, 1.82) is 0 Å². The van der Waals surface area contributed by atoms with Crippen molar-refractivity contribution in [2.24, 2.45) is 0 Å². The van der Waals surface area contributed by atoms with E-state index in [0.29, 0.717) is 5.69 Å². The Bertz CT molecular complexity index is 680. The standard InChI is InChI=1S/C18H18FNO2/c1-13(17(21)20-14-8-4-3-5-9-14)12-18(2,22)15-10-6-7-11-16(15)19/h3-11,22H,1,12H2,2H3,(H,20,21)/t18-/m0/s1. The molecule has 0 unspecified atom stereocenters. The number of hydrogen-bond donors (Lipinski definition) is 2. The zero-order chi connectivity index (χ0) is 16.2. The summed E-state index contributed by atoms with van der Waals surface area (Å²) in [6.45, 7) is 5.16. The molecule has 2 aromatic rings. The van der Waals surface area contributed by atoms with Crippen LogP contribution in [0.5, 0.6) is 0 Å². The third kappa shape index (κ3) is 3.80. The van der Waals surface area contributed by atoms with Crippen LogP contribution in [0.3, 0.4) is 0 Å². The summed E-state index contributed by atoms with van der Waals surface area (Å²) in [5, 5.41) is 13.2. The first-order valence-corrected chi connectivity index (χ1v) is 6.92. The third-order valence-electron chi connectivity index (χ3n) is 3.36. The highest BCUT2D eigenvalue weighted by molar-refractivity contribution is 6.03. The van der Waals surface area contributed by atoms with E-state index in [1.54, 1.807) is 36.4 Å². The Hall–Kier alpha value is -2.46. The normalized spacial score (nSPS) is 13.2. The Morgan fingerprint density at radius 1 is 1.18 bits per heavy atom. The SMILES string of the molecule is C=C(C[C@](C)(O)c1ccccc1F)C(=O)Nc1ccccc1. The van der Waals surface area contributed by atoms with Crippen LogP contribution in [0, 0.1) is 5.82 Å². The van der Waals surface area contributed by atoms with E-state index in [-0.39, 0.29) is 17.6 Å². The maximum Gasteiger partial charge on any atom is 0.251 e. The summed E-state index contributed by atoms with van der Waals surface area (Å²) in [5.74, 6) is -0.911. The largest absolute Gasteiger partial charge is 0.385 e. The van der Waals surface area contributed by atoms with Crippen LogP contribution in [0.2, 0.25) is 0 Å². The van der Waals surface area contributed by atoms with Gasteiger partial charge < -0.3 is 10.4 Å². The summed E-state index contributed by atoms with van der Waals surface area (Å²) in [6, 6.07) is 14.9. The molecule has 2 aromatic carbocycles. The number of anilines is 1. The highest BCUT2D eigenvalue weighted by Gasteiger charge is 2.28. The molecule has 0 spiro atoms. The van der Waals surface area contributed by atoms with Gasteiger partial charge in [0.1, 0.15) is 5.82 Å². The minimum absolute atomic E-state index is 0.0629. The molecule has 0 aliphatic carbocycles. The van der Waals surface area contributed by atoms with Crippen molar-refractivity contribution in [2.45, 2.75) is 18.9 Å². The maximum atomic E-state index is 13.8. The van der Waals surface area contributed by atoms with Gasteiger partial charge in [-0.3, -0.25) is 4.79 Å². The molecule has 0 saturated carbocycles. The van der Waals surface area contributed by atoms with Crippen molar-refractivity contribution in [3.8, 4) is 0 Å². The van der Waals surface area contributed by atoms with Crippen LogP contribution in [-0.4, -0.2) is 11.0 Å². The van der Waals surface area contributed by atoms with E-state index in [2.05, 4.69) is 11.9 Å². The van der Waals surface area contributed by atoms with Crippen LogP contribution in [0.25, 0.3) is 0 Å². The summed E-state index contributed by atoms with van der Waals surface area (Å²) in [6.07, 6.45) is -0.0629. The second-order valence-electron chi connectivity index (χ2n) is 5.35. The minimum Gasteiger partial charge on any atom is -0.385 e. The number of amides is 1. The number of halogens is 1. The molecule has 0 saturated heterocycles. The van der Waals surface area contributed by atoms with Gasteiger partial charge >= 0.3 is 0 Å². The number of rotatable bonds is 5. The van der Waals surface area contributed by atoms with Gasteiger partial charge in [-0.15, -0.1) is 0 Å². The average Bonchev–Trinajstić information content (AvgIpc) is 2.48. The highest BCUT2D eigenvalue weighted by Crippen LogP contribution is 2.29. The molecule has 0 aromatic heterocycles. The minimum atomic E-state index is -1.50. The molecule has 1 amide bonds. The van der Waals surface area contributed by atoms with Crippen molar-refractivity contribution in [1.82, 2.24) is 0 Å². The van der Waals surface area contributed by atoms with E-state index < -0.39 is 17.3 Å². The van der Waals surface area contributed by atoms with E-state index >= 15 is 0 Å². The van der Waals surface area contributed by atoms with Crippen LogP contribution < -0.4 is 5.32 Å². The number of carbonyl (C=O) groups excluding carboxylic acids is 1. The molecule has 0 bridgehead atoms. The van der Waals surface area contributed by atoms with E-state index in [9.17, 15) is 14.3 Å². The average molecular weight is 299 g/mol. The maximum absolute atomic E-state index is 13.8. The third-order valence-corrected chi connectivity index (χ3v) is 3.36. The first kappa shape index (κ1) is 15.9. The van der Waals surface area contributed by atoms with Gasteiger partial charge in [-0.2, -0.15) is 0 Å². The van der Waals surface area contributed by atoms with Crippen molar-refractivity contribution in [3.63, 3.8) is 0 Å². The Labute approximate surface area is 129 Å². The predicted octanol–water partition coefficient (Wildman–Crippen LogP) is 3.62. The number of aliphatic hydroxyl groups is 1. The molecule has 0 fully saturated rings. The van der Waals surface area contributed by atoms with Crippen molar-refractivity contribution in [3.05, 3.63) is 78.1 Å². The first-order chi connectivity index (χ1) is 10.4. The molecule has 22 heavy (non-hydrogen) atoms. The van der Waals surface area contributed by atoms with Crippen molar-refractivity contribution in [2.75, 3.05) is 5.32 Å². The van der Waals surface area contributed by atoms with Gasteiger partial charge in [0.15, 0.2) is 0 Å². The molecule has 4 heteroatoms. The molecule has 1 atom stereocenters. The van der Waals surface area contributed by atoms with Crippen molar-refractivity contribution >= 4 is 11.6 Å². The van der Waals surface area contributed by atoms with Gasteiger partial charge in [-0.05, 0) is 25.1 Å². The molecular formula is C18H18FNO2. The van der Waals surface area contributed by atoms with Gasteiger partial charge in [-0.25, -0.2) is 4.39 Å². The van der Waals surface area contributed by atoms with Gasteiger partial charge in [0.25, 0.3) is 5.91 Å². The predicted molar refractivity (Wildman–Crippen MR) is 84.8 cm³/mol. The van der Waals surface area contributed by atoms with Crippen LogP contribution in [-0.2, 0) is 10.4 Å². The van der Waals surface area contributed by atoms with E-state index in [0.717, 1.165) is 0 Å². The Morgan fingerprint density at radius 3 is 2.41 bits per heavy atom. The summed E-state index contributed by atoms with van der Waals surface area (Å²) in [4.78, 5) is 12.1. The number of carbonyl (C=O) groups is 1. The van der Waals surface area contributed by atoms with Gasteiger partial charge in [0.05, 0.1) is 5.60 Å². The molecule has 114 valence electrons. The zero-order valence-corrected chi connectivity index (χ0v) is 12.3. The Balaban J connectivity index is 2.07. The highest BCUT2D eigenvalue weighted by atomic mass is 19.1. The zero-order valence-electron chi connectivity index (χ0n) is 12.3. The Kier molecular flexibility index (Phi) is 4.73. The monoisotopic (exact) mass is 299 g/mol. The van der Waals surface area contributed by atoms with Gasteiger partial charge in [0.2, 0.25) is 0 Å². The van der Waals surface area contributed by atoms with Crippen molar-refractivity contribution < 1.29 is 14.3 Å². The smallest absolute Gasteiger partial charge is 0.251 e. The second-order valence-corrected chi connectivity index (χ2v) is 5.35.